The highest BCUT2D eigenvalue weighted by molar-refractivity contribution is 6.16. The Morgan fingerprint density at radius 3 is 2.90 bits per heavy atom. The van der Waals surface area contributed by atoms with Crippen LogP contribution in [0, 0.1) is 0 Å². The number of urea groups is 1. The lowest BCUT2D eigenvalue weighted by Crippen LogP contribution is -2.43. The molecule has 0 aliphatic carbocycles. The first-order valence-corrected chi connectivity index (χ1v) is 13.4. The third-order valence-corrected chi connectivity index (χ3v) is 7.12. The Morgan fingerprint density at radius 2 is 2.07 bits per heavy atom. The summed E-state index contributed by atoms with van der Waals surface area (Å²) in [5.74, 6) is 0.385. The van der Waals surface area contributed by atoms with Gasteiger partial charge in [0, 0.05) is 69.1 Å². The quantitative estimate of drug-likeness (QED) is 0.321. The Balaban J connectivity index is 1.25. The first-order chi connectivity index (χ1) is 20.0. The number of ketones is 1. The monoisotopic (exact) mass is 554 g/mol. The molecule has 41 heavy (non-hydrogen) atoms. The molecule has 210 valence electrons. The lowest BCUT2D eigenvalue weighted by molar-refractivity contribution is 0.0192. The number of aryl methyl sites for hydroxylation is 1. The van der Waals surface area contributed by atoms with Gasteiger partial charge in [-0.25, -0.2) is 9.78 Å². The molecule has 0 radical (unpaired) electrons. The molecule has 2 aliphatic rings. The standard InChI is InChI=1S/C30H30N6O5/c1-35-17-19(27-24(7-10-32-29(27)35)36-11-13-40-22(18-36)8-12-39-2)14-26-28(37)23-15-20(5-6-25(23)41-26)33-30(38)34-21-4-3-9-31-16-21/h3-7,9-10,14-17,22H,8,11-13,18H2,1-2H3,(H2,33,34,38). The molecule has 1 aromatic carbocycles. The maximum atomic E-state index is 13.4. The molecular formula is C30H30N6O5. The number of carbonyl (C=O) groups excluding carboxylic acids is 2. The molecule has 2 amide bonds. The van der Waals surface area contributed by atoms with Crippen molar-refractivity contribution in [3.8, 4) is 5.75 Å². The van der Waals surface area contributed by atoms with Crippen LogP contribution in [0.25, 0.3) is 17.1 Å². The average Bonchev–Trinajstić information content (AvgIpc) is 3.47. The minimum atomic E-state index is -0.441. The summed E-state index contributed by atoms with van der Waals surface area (Å²) in [6.07, 6.45) is 9.58. The van der Waals surface area contributed by atoms with Crippen molar-refractivity contribution in [2.75, 3.05) is 48.9 Å². The average molecular weight is 555 g/mol. The molecule has 4 aromatic rings. The van der Waals surface area contributed by atoms with E-state index in [9.17, 15) is 9.59 Å². The van der Waals surface area contributed by atoms with Gasteiger partial charge in [0.2, 0.25) is 5.78 Å². The topological polar surface area (TPSA) is 120 Å². The molecule has 2 aliphatic heterocycles. The van der Waals surface area contributed by atoms with Gasteiger partial charge in [-0.3, -0.25) is 9.78 Å². The molecule has 1 atom stereocenters. The smallest absolute Gasteiger partial charge is 0.323 e. The maximum absolute atomic E-state index is 13.4. The third-order valence-electron chi connectivity index (χ3n) is 7.12. The second-order valence-corrected chi connectivity index (χ2v) is 9.92. The number of anilines is 3. The third kappa shape index (κ3) is 5.49. The van der Waals surface area contributed by atoms with Crippen LogP contribution in [0.4, 0.5) is 21.9 Å². The Hall–Kier alpha value is -4.74. The number of allylic oxidation sites excluding steroid dienone is 1. The van der Waals surface area contributed by atoms with Crippen molar-refractivity contribution in [3.05, 3.63) is 78.1 Å². The van der Waals surface area contributed by atoms with Gasteiger partial charge < -0.3 is 34.3 Å². The number of carbonyl (C=O) groups is 2. The minimum absolute atomic E-state index is 0.0703. The normalized spacial score (nSPS) is 17.5. The number of Topliss-reactive ketones (excluding diaryl/α,β-unsaturated/α-hetero) is 1. The first kappa shape index (κ1) is 26.5. The van der Waals surface area contributed by atoms with Crippen LogP contribution in [0.1, 0.15) is 22.3 Å². The SMILES string of the molecule is COCCC1CN(c2ccnc3c2c(C=C2Oc4ccc(NC(=O)Nc5cccnc5)cc4C2=O)cn3C)CCO1. The summed E-state index contributed by atoms with van der Waals surface area (Å²) in [6.45, 7) is 2.74. The van der Waals surface area contributed by atoms with Gasteiger partial charge in [-0.05, 0) is 48.9 Å². The van der Waals surface area contributed by atoms with Crippen molar-refractivity contribution in [1.29, 1.82) is 0 Å². The molecule has 2 N–H and O–H groups in total. The molecule has 0 bridgehead atoms. The molecule has 5 heterocycles. The number of aromatic nitrogens is 3. The van der Waals surface area contributed by atoms with E-state index in [-0.39, 0.29) is 17.6 Å². The fourth-order valence-corrected chi connectivity index (χ4v) is 5.19. The number of morpholine rings is 1. The minimum Gasteiger partial charge on any atom is -0.452 e. The summed E-state index contributed by atoms with van der Waals surface area (Å²) in [6, 6.07) is 10.0. The van der Waals surface area contributed by atoms with Crippen molar-refractivity contribution >= 4 is 46.0 Å². The Bertz CT molecular complexity index is 1630. The Kier molecular flexibility index (Phi) is 7.36. The summed E-state index contributed by atoms with van der Waals surface area (Å²) in [7, 11) is 3.63. The number of hydrogen-bond donors (Lipinski definition) is 2. The van der Waals surface area contributed by atoms with Gasteiger partial charge >= 0.3 is 6.03 Å². The van der Waals surface area contributed by atoms with E-state index in [4.69, 9.17) is 14.2 Å². The van der Waals surface area contributed by atoms with E-state index in [1.807, 2.05) is 23.9 Å². The van der Waals surface area contributed by atoms with Crippen LogP contribution >= 0.6 is 0 Å². The highest BCUT2D eigenvalue weighted by atomic mass is 16.5. The molecular weight excluding hydrogens is 524 g/mol. The molecule has 1 fully saturated rings. The highest BCUT2D eigenvalue weighted by Crippen LogP contribution is 2.37. The van der Waals surface area contributed by atoms with Crippen molar-refractivity contribution in [2.24, 2.45) is 7.05 Å². The lowest BCUT2D eigenvalue weighted by Gasteiger charge is -2.35. The number of hydrogen-bond acceptors (Lipinski definition) is 8. The van der Waals surface area contributed by atoms with E-state index in [0.29, 0.717) is 35.9 Å². The summed E-state index contributed by atoms with van der Waals surface area (Å²) < 4.78 is 19.1. The van der Waals surface area contributed by atoms with Crippen molar-refractivity contribution in [2.45, 2.75) is 12.5 Å². The fourth-order valence-electron chi connectivity index (χ4n) is 5.19. The van der Waals surface area contributed by atoms with Gasteiger partial charge in [-0.2, -0.15) is 0 Å². The summed E-state index contributed by atoms with van der Waals surface area (Å²) >= 11 is 0. The van der Waals surface area contributed by atoms with Crippen LogP contribution in [0.2, 0.25) is 0 Å². The van der Waals surface area contributed by atoms with E-state index in [2.05, 4.69) is 25.5 Å². The number of ether oxygens (including phenoxy) is 3. The van der Waals surface area contributed by atoms with E-state index in [0.717, 1.165) is 41.8 Å². The van der Waals surface area contributed by atoms with Gasteiger partial charge in [0.15, 0.2) is 5.76 Å². The molecule has 0 spiro atoms. The zero-order chi connectivity index (χ0) is 28.3. The van der Waals surface area contributed by atoms with Crippen LogP contribution in [-0.4, -0.2) is 65.9 Å². The van der Waals surface area contributed by atoms with Crippen molar-refractivity contribution < 1.29 is 23.8 Å². The zero-order valence-corrected chi connectivity index (χ0v) is 22.8. The molecule has 3 aromatic heterocycles. The number of methoxy groups -OCH3 is 1. The van der Waals surface area contributed by atoms with Crippen LogP contribution in [-0.2, 0) is 16.5 Å². The number of fused-ring (bicyclic) bond motifs is 2. The lowest BCUT2D eigenvalue weighted by atomic mass is 10.1. The molecule has 6 rings (SSSR count). The summed E-state index contributed by atoms with van der Waals surface area (Å²) in [5.41, 5.74) is 4.07. The van der Waals surface area contributed by atoms with Gasteiger partial charge in [0.25, 0.3) is 0 Å². The highest BCUT2D eigenvalue weighted by Gasteiger charge is 2.29. The first-order valence-electron chi connectivity index (χ1n) is 13.4. The van der Waals surface area contributed by atoms with E-state index < -0.39 is 6.03 Å². The summed E-state index contributed by atoms with van der Waals surface area (Å²) in [4.78, 5) is 36.7. The fraction of sp³-hybridized carbons (Fsp3) is 0.267. The van der Waals surface area contributed by atoms with Gasteiger partial charge in [0.05, 0.1) is 35.8 Å². The molecule has 1 saturated heterocycles. The van der Waals surface area contributed by atoms with Gasteiger partial charge in [-0.15, -0.1) is 0 Å². The molecule has 11 heteroatoms. The molecule has 11 nitrogen and oxygen atoms in total. The van der Waals surface area contributed by atoms with Crippen molar-refractivity contribution in [3.63, 3.8) is 0 Å². The van der Waals surface area contributed by atoms with Crippen LogP contribution in [0.15, 0.2) is 66.9 Å². The molecule has 0 saturated carbocycles. The number of benzene rings is 1. The number of nitrogens with one attached hydrogen (secondary N) is 2. The van der Waals surface area contributed by atoms with Crippen LogP contribution in [0.3, 0.4) is 0 Å². The second-order valence-electron chi connectivity index (χ2n) is 9.92. The van der Waals surface area contributed by atoms with Crippen LogP contribution < -0.4 is 20.3 Å². The predicted molar refractivity (Wildman–Crippen MR) is 155 cm³/mol. The number of rotatable bonds is 7. The van der Waals surface area contributed by atoms with Gasteiger partial charge in [0.1, 0.15) is 11.4 Å². The van der Waals surface area contributed by atoms with Crippen LogP contribution in [0.5, 0.6) is 5.75 Å². The van der Waals surface area contributed by atoms with Gasteiger partial charge in [-0.1, -0.05) is 0 Å². The zero-order valence-electron chi connectivity index (χ0n) is 22.8. The number of amides is 2. The Labute approximate surface area is 236 Å². The Morgan fingerprint density at radius 1 is 1.20 bits per heavy atom. The van der Waals surface area contributed by atoms with Crippen molar-refractivity contribution in [1.82, 2.24) is 14.5 Å². The predicted octanol–water partition coefficient (Wildman–Crippen LogP) is 4.47. The van der Waals surface area contributed by atoms with E-state index in [1.165, 1.54) is 0 Å². The maximum Gasteiger partial charge on any atom is 0.323 e. The second kappa shape index (κ2) is 11.4. The number of pyridine rings is 2. The largest absolute Gasteiger partial charge is 0.452 e. The summed E-state index contributed by atoms with van der Waals surface area (Å²) in [5, 5.41) is 6.40. The number of nitrogens with zero attached hydrogens (tertiary/aromatic N) is 4. The molecule has 1 unspecified atom stereocenters. The van der Waals surface area contributed by atoms with E-state index in [1.54, 1.807) is 62.1 Å². The van der Waals surface area contributed by atoms with E-state index >= 15 is 0 Å².